The number of hydrogen-bond acceptors (Lipinski definition) is 2. The topological polar surface area (TPSA) is 38.3 Å². The predicted octanol–water partition coefficient (Wildman–Crippen LogP) is 5.20. The second-order valence-electron chi connectivity index (χ2n) is 8.17. The summed E-state index contributed by atoms with van der Waals surface area (Å²) in [7, 11) is 0. The molecular weight excluding hydrogens is 334 g/mol. The summed E-state index contributed by atoms with van der Waals surface area (Å²) in [6, 6.07) is 16.6. The van der Waals surface area contributed by atoms with Crippen molar-refractivity contribution in [1.82, 2.24) is 5.32 Å². The van der Waals surface area contributed by atoms with Crippen molar-refractivity contribution in [2.24, 2.45) is 0 Å². The zero-order valence-corrected chi connectivity index (χ0v) is 17.3. The molecule has 0 heterocycles. The molecule has 146 valence electrons. The molecular formula is C24H33NO2. The SMILES string of the molecule is CC[C@@H](Oc1ccc(C(C)(C)C)cc1)C(=O)NCCCc1ccc(C)cc1. The maximum absolute atomic E-state index is 12.4. The van der Waals surface area contributed by atoms with Gasteiger partial charge in [0.2, 0.25) is 0 Å². The van der Waals surface area contributed by atoms with Gasteiger partial charge in [0, 0.05) is 6.54 Å². The second kappa shape index (κ2) is 9.59. The van der Waals surface area contributed by atoms with Gasteiger partial charge >= 0.3 is 0 Å². The summed E-state index contributed by atoms with van der Waals surface area (Å²) in [6.45, 7) is 11.3. The van der Waals surface area contributed by atoms with Crippen LogP contribution in [-0.2, 0) is 16.6 Å². The first-order chi connectivity index (χ1) is 12.8. The lowest BCUT2D eigenvalue weighted by Gasteiger charge is -2.21. The van der Waals surface area contributed by atoms with Crippen LogP contribution in [0.4, 0.5) is 0 Å². The average Bonchev–Trinajstić information content (AvgIpc) is 2.64. The van der Waals surface area contributed by atoms with E-state index in [1.807, 2.05) is 19.1 Å². The van der Waals surface area contributed by atoms with E-state index in [0.717, 1.165) is 18.6 Å². The molecule has 0 spiro atoms. The number of nitrogens with one attached hydrogen (secondary N) is 1. The summed E-state index contributed by atoms with van der Waals surface area (Å²) in [6.07, 6.45) is 2.08. The Kier molecular flexibility index (Phi) is 7.46. The minimum absolute atomic E-state index is 0.0405. The standard InChI is InChI=1S/C24H33NO2/c1-6-22(27-21-15-13-20(14-16-21)24(3,4)5)23(26)25-17-7-8-19-11-9-18(2)10-12-19/h9-16,22H,6-8,17H2,1-5H3,(H,25,26)/t22-/m1/s1. The quantitative estimate of drug-likeness (QED) is 0.651. The molecule has 0 aliphatic heterocycles. The van der Waals surface area contributed by atoms with Gasteiger partial charge in [-0.1, -0.05) is 69.7 Å². The highest BCUT2D eigenvalue weighted by atomic mass is 16.5. The number of carbonyl (C=O) groups is 1. The Bertz CT molecular complexity index is 712. The second-order valence-corrected chi connectivity index (χ2v) is 8.17. The Morgan fingerprint density at radius 1 is 1.04 bits per heavy atom. The molecule has 0 bridgehead atoms. The molecule has 3 nitrogen and oxygen atoms in total. The molecule has 0 radical (unpaired) electrons. The first kappa shape index (κ1) is 21.0. The van der Waals surface area contributed by atoms with Crippen LogP contribution >= 0.6 is 0 Å². The van der Waals surface area contributed by atoms with Crippen LogP contribution in [0.1, 0.15) is 57.2 Å². The molecule has 27 heavy (non-hydrogen) atoms. The van der Waals surface area contributed by atoms with Crippen molar-refractivity contribution in [3.05, 3.63) is 65.2 Å². The minimum atomic E-state index is -0.454. The Hall–Kier alpha value is -2.29. The number of rotatable bonds is 8. The number of benzene rings is 2. The van der Waals surface area contributed by atoms with Crippen LogP contribution < -0.4 is 10.1 Å². The highest BCUT2D eigenvalue weighted by molar-refractivity contribution is 5.81. The fourth-order valence-electron chi connectivity index (χ4n) is 2.89. The summed E-state index contributed by atoms with van der Waals surface area (Å²) in [4.78, 5) is 12.4. The van der Waals surface area contributed by atoms with Crippen LogP contribution in [0.3, 0.4) is 0 Å². The van der Waals surface area contributed by atoms with E-state index in [1.54, 1.807) is 0 Å². The van der Waals surface area contributed by atoms with E-state index < -0.39 is 6.10 Å². The first-order valence-electron chi connectivity index (χ1n) is 9.90. The zero-order valence-electron chi connectivity index (χ0n) is 17.3. The Labute approximate surface area is 164 Å². The monoisotopic (exact) mass is 367 g/mol. The number of aryl methyl sites for hydroxylation is 2. The van der Waals surface area contributed by atoms with Gasteiger partial charge in [0.1, 0.15) is 5.75 Å². The lowest BCUT2D eigenvalue weighted by molar-refractivity contribution is -0.128. The van der Waals surface area contributed by atoms with E-state index in [9.17, 15) is 4.79 Å². The van der Waals surface area contributed by atoms with Gasteiger partial charge in [-0.3, -0.25) is 4.79 Å². The third-order valence-electron chi connectivity index (χ3n) is 4.72. The van der Waals surface area contributed by atoms with Crippen molar-refractivity contribution in [3.63, 3.8) is 0 Å². The summed E-state index contributed by atoms with van der Waals surface area (Å²) < 4.78 is 5.91. The van der Waals surface area contributed by atoms with Crippen LogP contribution in [-0.4, -0.2) is 18.6 Å². The molecule has 2 rings (SSSR count). The number of amides is 1. The molecule has 0 saturated heterocycles. The predicted molar refractivity (Wildman–Crippen MR) is 112 cm³/mol. The largest absolute Gasteiger partial charge is 0.481 e. The van der Waals surface area contributed by atoms with Crippen LogP contribution in [0.5, 0.6) is 5.75 Å². The normalized spacial score (nSPS) is 12.5. The van der Waals surface area contributed by atoms with Gasteiger partial charge in [-0.2, -0.15) is 0 Å². The zero-order chi connectivity index (χ0) is 19.9. The highest BCUT2D eigenvalue weighted by Gasteiger charge is 2.18. The first-order valence-corrected chi connectivity index (χ1v) is 9.90. The van der Waals surface area contributed by atoms with Crippen molar-refractivity contribution in [2.75, 3.05) is 6.54 Å². The Morgan fingerprint density at radius 3 is 2.22 bits per heavy atom. The van der Waals surface area contributed by atoms with Gasteiger partial charge in [-0.05, 0) is 54.9 Å². The van der Waals surface area contributed by atoms with E-state index in [4.69, 9.17) is 4.74 Å². The third-order valence-corrected chi connectivity index (χ3v) is 4.72. The molecule has 0 aliphatic carbocycles. The molecule has 1 N–H and O–H groups in total. The average molecular weight is 368 g/mol. The van der Waals surface area contributed by atoms with Crippen LogP contribution in [0.2, 0.25) is 0 Å². The van der Waals surface area contributed by atoms with Crippen molar-refractivity contribution >= 4 is 5.91 Å². The van der Waals surface area contributed by atoms with Gasteiger partial charge in [0.05, 0.1) is 0 Å². The fourth-order valence-corrected chi connectivity index (χ4v) is 2.89. The molecule has 0 fully saturated rings. The van der Waals surface area contributed by atoms with E-state index in [1.165, 1.54) is 16.7 Å². The van der Waals surface area contributed by atoms with Crippen molar-refractivity contribution in [2.45, 2.75) is 65.4 Å². The molecule has 2 aromatic rings. The molecule has 0 saturated carbocycles. The lowest BCUT2D eigenvalue weighted by Crippen LogP contribution is -2.38. The van der Waals surface area contributed by atoms with Crippen molar-refractivity contribution in [3.8, 4) is 5.75 Å². The van der Waals surface area contributed by atoms with E-state index >= 15 is 0 Å². The minimum Gasteiger partial charge on any atom is -0.481 e. The fraction of sp³-hybridized carbons (Fsp3) is 0.458. The van der Waals surface area contributed by atoms with Gasteiger partial charge in [0.25, 0.3) is 5.91 Å². The molecule has 0 aromatic heterocycles. The molecule has 2 aromatic carbocycles. The molecule has 3 heteroatoms. The summed E-state index contributed by atoms with van der Waals surface area (Å²) >= 11 is 0. The highest BCUT2D eigenvalue weighted by Crippen LogP contribution is 2.24. The summed E-state index contributed by atoms with van der Waals surface area (Å²) in [5.74, 6) is 0.700. The molecule has 0 aliphatic rings. The maximum Gasteiger partial charge on any atom is 0.261 e. The van der Waals surface area contributed by atoms with Gasteiger partial charge in [0.15, 0.2) is 6.10 Å². The van der Waals surface area contributed by atoms with E-state index in [0.29, 0.717) is 13.0 Å². The van der Waals surface area contributed by atoms with E-state index in [2.05, 4.69) is 69.4 Å². The van der Waals surface area contributed by atoms with Crippen molar-refractivity contribution in [1.29, 1.82) is 0 Å². The number of ether oxygens (including phenoxy) is 1. The van der Waals surface area contributed by atoms with Gasteiger partial charge in [-0.25, -0.2) is 0 Å². The Morgan fingerprint density at radius 2 is 1.67 bits per heavy atom. The number of carbonyl (C=O) groups excluding carboxylic acids is 1. The number of hydrogen-bond donors (Lipinski definition) is 1. The maximum atomic E-state index is 12.4. The molecule has 1 atom stereocenters. The molecule has 1 amide bonds. The van der Waals surface area contributed by atoms with Crippen LogP contribution in [0.25, 0.3) is 0 Å². The molecule has 0 unspecified atom stereocenters. The van der Waals surface area contributed by atoms with E-state index in [-0.39, 0.29) is 11.3 Å². The van der Waals surface area contributed by atoms with Gasteiger partial charge < -0.3 is 10.1 Å². The summed E-state index contributed by atoms with van der Waals surface area (Å²) in [5.41, 5.74) is 3.93. The van der Waals surface area contributed by atoms with Crippen LogP contribution in [0.15, 0.2) is 48.5 Å². The van der Waals surface area contributed by atoms with Gasteiger partial charge in [-0.15, -0.1) is 0 Å². The Balaban J connectivity index is 1.80. The van der Waals surface area contributed by atoms with Crippen molar-refractivity contribution < 1.29 is 9.53 Å². The van der Waals surface area contributed by atoms with Crippen LogP contribution in [0, 0.1) is 6.92 Å². The smallest absolute Gasteiger partial charge is 0.261 e. The third kappa shape index (κ3) is 6.74. The lowest BCUT2D eigenvalue weighted by atomic mass is 9.87. The summed E-state index contributed by atoms with van der Waals surface area (Å²) in [5, 5.41) is 3.01.